The second kappa shape index (κ2) is 7.09. The van der Waals surface area contributed by atoms with Crippen LogP contribution in [-0.4, -0.2) is 32.5 Å². The van der Waals surface area contributed by atoms with Crippen LogP contribution in [0.1, 0.15) is 6.92 Å². The molecule has 0 bridgehead atoms. The summed E-state index contributed by atoms with van der Waals surface area (Å²) in [5.74, 6) is 1.23. The molecule has 1 unspecified atom stereocenters. The number of benzene rings is 1. The maximum Gasteiger partial charge on any atom is 0.186 e. The Morgan fingerprint density at radius 2 is 2.08 bits per heavy atom. The lowest BCUT2D eigenvalue weighted by atomic mass is 10.3. The molecule has 132 valence electrons. The fourth-order valence-corrected chi connectivity index (χ4v) is 3.14. The van der Waals surface area contributed by atoms with Crippen molar-refractivity contribution >= 4 is 22.8 Å². The lowest BCUT2D eigenvalue weighted by Crippen LogP contribution is -2.23. The van der Waals surface area contributed by atoms with Gasteiger partial charge in [-0.25, -0.2) is 4.39 Å². The summed E-state index contributed by atoms with van der Waals surface area (Å²) < 4.78 is 21.0. The molecule has 0 spiro atoms. The summed E-state index contributed by atoms with van der Waals surface area (Å²) in [5, 5.41) is 20.1. The van der Waals surface area contributed by atoms with E-state index in [9.17, 15) is 4.39 Å². The Morgan fingerprint density at radius 1 is 1.19 bits per heavy atom. The van der Waals surface area contributed by atoms with Gasteiger partial charge in [0.1, 0.15) is 11.9 Å². The minimum Gasteiger partial charge on any atom is -0.486 e. The first-order valence-electron chi connectivity index (χ1n) is 8.11. The molecule has 0 saturated carbocycles. The van der Waals surface area contributed by atoms with Crippen LogP contribution in [0, 0.1) is 5.82 Å². The molecule has 3 aromatic heterocycles. The van der Waals surface area contributed by atoms with Crippen molar-refractivity contribution in [3.8, 4) is 17.1 Å². The van der Waals surface area contributed by atoms with E-state index in [0.717, 1.165) is 5.56 Å². The summed E-state index contributed by atoms with van der Waals surface area (Å²) in [4.78, 5) is 0. The number of nitrogens with zero attached hydrogens (tertiary/aromatic N) is 4. The number of hydrogen-bond acceptors (Lipinski definition) is 6. The molecule has 0 aliphatic heterocycles. The summed E-state index contributed by atoms with van der Waals surface area (Å²) >= 11 is 1.60. The molecular weight excluding hydrogens is 353 g/mol. The fraction of sp³-hybridized carbons (Fsp3) is 0.167. The van der Waals surface area contributed by atoms with Crippen molar-refractivity contribution in [3.63, 3.8) is 0 Å². The zero-order valence-electron chi connectivity index (χ0n) is 14.0. The molecule has 4 aromatic rings. The Kier molecular flexibility index (Phi) is 4.49. The number of fused-ring (bicyclic) bond motifs is 1. The predicted octanol–water partition coefficient (Wildman–Crippen LogP) is 3.87. The molecule has 6 nitrogen and oxygen atoms in total. The van der Waals surface area contributed by atoms with Crippen molar-refractivity contribution in [2.75, 3.05) is 11.9 Å². The Balaban J connectivity index is 1.47. The van der Waals surface area contributed by atoms with Crippen LogP contribution in [0.2, 0.25) is 0 Å². The third kappa shape index (κ3) is 3.36. The molecule has 0 amide bonds. The van der Waals surface area contributed by atoms with Crippen molar-refractivity contribution in [2.45, 2.75) is 13.0 Å². The molecular formula is C18H16FN5OS. The normalized spacial score (nSPS) is 12.2. The van der Waals surface area contributed by atoms with Crippen molar-refractivity contribution in [2.24, 2.45) is 0 Å². The lowest BCUT2D eigenvalue weighted by Gasteiger charge is -2.16. The van der Waals surface area contributed by atoms with E-state index in [2.05, 4.69) is 20.6 Å². The van der Waals surface area contributed by atoms with Crippen LogP contribution in [0.3, 0.4) is 0 Å². The molecule has 0 aliphatic carbocycles. The molecule has 0 fully saturated rings. The quantitative estimate of drug-likeness (QED) is 0.559. The Hall–Kier alpha value is -3.00. The van der Waals surface area contributed by atoms with E-state index in [0.29, 0.717) is 23.8 Å². The zero-order chi connectivity index (χ0) is 17.9. The van der Waals surface area contributed by atoms with Gasteiger partial charge in [0, 0.05) is 10.9 Å². The molecule has 1 atom stereocenters. The van der Waals surface area contributed by atoms with E-state index in [4.69, 9.17) is 4.74 Å². The Morgan fingerprint density at radius 3 is 2.88 bits per heavy atom. The predicted molar refractivity (Wildman–Crippen MR) is 99.1 cm³/mol. The summed E-state index contributed by atoms with van der Waals surface area (Å²) in [5.41, 5.74) is 1.65. The summed E-state index contributed by atoms with van der Waals surface area (Å²) in [7, 11) is 0. The van der Waals surface area contributed by atoms with E-state index >= 15 is 0 Å². The molecule has 4 rings (SSSR count). The van der Waals surface area contributed by atoms with Gasteiger partial charge in [0.2, 0.25) is 0 Å². The standard InChI is InChI=1S/C18H16FN5OS/c1-12(25-15-5-3-2-4-14(15)19)10-20-16-6-7-17-21-22-18(24(17)23-16)13-8-9-26-11-13/h2-9,11-12H,10H2,1H3,(H,20,23). The van der Waals surface area contributed by atoms with Crippen LogP contribution in [-0.2, 0) is 0 Å². The van der Waals surface area contributed by atoms with Crippen LogP contribution in [0.4, 0.5) is 10.2 Å². The number of nitrogens with one attached hydrogen (secondary N) is 1. The highest BCUT2D eigenvalue weighted by Gasteiger charge is 2.12. The van der Waals surface area contributed by atoms with Crippen molar-refractivity contribution in [1.82, 2.24) is 19.8 Å². The number of ether oxygens (including phenoxy) is 1. The first-order chi connectivity index (χ1) is 12.7. The van der Waals surface area contributed by atoms with Crippen molar-refractivity contribution in [1.29, 1.82) is 0 Å². The summed E-state index contributed by atoms with van der Waals surface area (Å²) in [6, 6.07) is 12.0. The Bertz CT molecular complexity index is 1020. The molecule has 1 N–H and O–H groups in total. The second-order valence-corrected chi connectivity index (χ2v) is 6.54. The monoisotopic (exact) mass is 369 g/mol. The minimum atomic E-state index is -0.371. The average molecular weight is 369 g/mol. The highest BCUT2D eigenvalue weighted by molar-refractivity contribution is 7.08. The lowest BCUT2D eigenvalue weighted by molar-refractivity contribution is 0.224. The van der Waals surface area contributed by atoms with E-state index < -0.39 is 0 Å². The summed E-state index contributed by atoms with van der Waals surface area (Å²) in [6.07, 6.45) is -0.235. The van der Waals surface area contributed by atoms with E-state index in [-0.39, 0.29) is 17.7 Å². The largest absolute Gasteiger partial charge is 0.486 e. The summed E-state index contributed by atoms with van der Waals surface area (Å²) in [6.45, 7) is 2.34. The second-order valence-electron chi connectivity index (χ2n) is 5.76. The van der Waals surface area contributed by atoms with Crippen LogP contribution < -0.4 is 10.1 Å². The van der Waals surface area contributed by atoms with Gasteiger partial charge in [0.25, 0.3) is 0 Å². The van der Waals surface area contributed by atoms with Gasteiger partial charge in [-0.05, 0) is 42.6 Å². The maximum atomic E-state index is 13.7. The third-order valence-corrected chi connectivity index (χ3v) is 4.46. The number of anilines is 1. The number of halogens is 1. The molecule has 3 heterocycles. The van der Waals surface area contributed by atoms with Gasteiger partial charge in [-0.1, -0.05) is 12.1 Å². The van der Waals surface area contributed by atoms with Crippen molar-refractivity contribution < 1.29 is 9.13 Å². The van der Waals surface area contributed by atoms with Crippen LogP contribution >= 0.6 is 11.3 Å². The van der Waals surface area contributed by atoms with E-state index in [1.165, 1.54) is 6.07 Å². The van der Waals surface area contributed by atoms with Crippen molar-refractivity contribution in [3.05, 3.63) is 59.0 Å². The zero-order valence-corrected chi connectivity index (χ0v) is 14.8. The number of thiophene rings is 1. The molecule has 0 aliphatic rings. The molecule has 1 aromatic carbocycles. The van der Waals surface area contributed by atoms with E-state index in [1.54, 1.807) is 34.1 Å². The first kappa shape index (κ1) is 16.5. The van der Waals surface area contributed by atoms with Gasteiger partial charge >= 0.3 is 0 Å². The highest BCUT2D eigenvalue weighted by Crippen LogP contribution is 2.21. The van der Waals surface area contributed by atoms with Crippen LogP contribution in [0.25, 0.3) is 17.0 Å². The highest BCUT2D eigenvalue weighted by atomic mass is 32.1. The van der Waals surface area contributed by atoms with Gasteiger partial charge in [0.15, 0.2) is 23.0 Å². The van der Waals surface area contributed by atoms with Gasteiger partial charge in [0.05, 0.1) is 6.54 Å². The van der Waals surface area contributed by atoms with Gasteiger partial charge in [-0.2, -0.15) is 15.9 Å². The Labute approximate surface area is 153 Å². The molecule has 8 heteroatoms. The van der Waals surface area contributed by atoms with E-state index in [1.807, 2.05) is 35.9 Å². The SMILES string of the molecule is CC(CNc1ccc2nnc(-c3ccsc3)n2n1)Oc1ccccc1F. The maximum absolute atomic E-state index is 13.7. The topological polar surface area (TPSA) is 64.3 Å². The number of rotatable bonds is 6. The minimum absolute atomic E-state index is 0.235. The fourth-order valence-electron chi connectivity index (χ4n) is 2.50. The van der Waals surface area contributed by atoms with Crippen LogP contribution in [0.15, 0.2) is 53.2 Å². The third-order valence-electron chi connectivity index (χ3n) is 3.78. The molecule has 0 radical (unpaired) electrons. The van der Waals surface area contributed by atoms with Gasteiger partial charge in [-0.3, -0.25) is 0 Å². The average Bonchev–Trinajstić information content (AvgIpc) is 3.30. The van der Waals surface area contributed by atoms with Gasteiger partial charge in [-0.15, -0.1) is 15.3 Å². The smallest absolute Gasteiger partial charge is 0.186 e. The van der Waals surface area contributed by atoms with Gasteiger partial charge < -0.3 is 10.1 Å². The number of aromatic nitrogens is 4. The first-order valence-corrected chi connectivity index (χ1v) is 9.05. The number of para-hydroxylation sites is 1. The van der Waals surface area contributed by atoms with Crippen LogP contribution in [0.5, 0.6) is 5.75 Å². The molecule has 0 saturated heterocycles. The molecule has 26 heavy (non-hydrogen) atoms. The number of hydrogen-bond donors (Lipinski definition) is 1.